The SMILES string of the molecule is CCC(CC)Nc1cccc(C)c1. The minimum atomic E-state index is 0.613. The molecular formula is C12H19N. The van der Waals surface area contributed by atoms with Crippen molar-refractivity contribution in [1.82, 2.24) is 0 Å². The third kappa shape index (κ3) is 3.10. The van der Waals surface area contributed by atoms with E-state index in [1.165, 1.54) is 24.1 Å². The summed E-state index contributed by atoms with van der Waals surface area (Å²) in [5.41, 5.74) is 2.56. The van der Waals surface area contributed by atoms with Crippen LogP contribution in [0.4, 0.5) is 5.69 Å². The molecule has 0 spiro atoms. The zero-order valence-corrected chi connectivity index (χ0v) is 8.80. The number of nitrogens with one attached hydrogen (secondary N) is 1. The van der Waals surface area contributed by atoms with Crippen molar-refractivity contribution in [3.05, 3.63) is 29.8 Å². The number of anilines is 1. The van der Waals surface area contributed by atoms with Crippen molar-refractivity contribution in [2.24, 2.45) is 0 Å². The predicted octanol–water partition coefficient (Wildman–Crippen LogP) is 3.60. The molecule has 72 valence electrons. The second-order valence-corrected chi connectivity index (χ2v) is 3.53. The van der Waals surface area contributed by atoms with Gasteiger partial charge in [-0.1, -0.05) is 26.0 Å². The number of aryl methyl sites for hydroxylation is 1. The molecule has 0 aliphatic rings. The standard InChI is InChI=1S/C12H19N/c1-4-11(5-2)13-12-8-6-7-10(3)9-12/h6-9,11,13H,4-5H2,1-3H3. The molecule has 1 aromatic carbocycles. The van der Waals surface area contributed by atoms with Crippen molar-refractivity contribution in [2.75, 3.05) is 5.32 Å². The van der Waals surface area contributed by atoms with Crippen LogP contribution in [0.3, 0.4) is 0 Å². The molecule has 0 radical (unpaired) electrons. The number of rotatable bonds is 4. The molecule has 0 amide bonds. The second kappa shape index (κ2) is 4.90. The van der Waals surface area contributed by atoms with Gasteiger partial charge in [0.15, 0.2) is 0 Å². The molecule has 0 fully saturated rings. The zero-order valence-electron chi connectivity index (χ0n) is 8.80. The minimum Gasteiger partial charge on any atom is -0.382 e. The first-order chi connectivity index (χ1) is 6.26. The number of benzene rings is 1. The van der Waals surface area contributed by atoms with Crippen molar-refractivity contribution in [1.29, 1.82) is 0 Å². The van der Waals surface area contributed by atoms with Crippen molar-refractivity contribution in [3.8, 4) is 0 Å². The molecule has 0 atom stereocenters. The van der Waals surface area contributed by atoms with Crippen LogP contribution in [0, 0.1) is 6.92 Å². The maximum atomic E-state index is 3.52. The molecule has 0 aromatic heterocycles. The summed E-state index contributed by atoms with van der Waals surface area (Å²) in [6.45, 7) is 6.56. The first-order valence-electron chi connectivity index (χ1n) is 5.09. The fraction of sp³-hybridized carbons (Fsp3) is 0.500. The van der Waals surface area contributed by atoms with Gasteiger partial charge in [-0.25, -0.2) is 0 Å². The summed E-state index contributed by atoms with van der Waals surface area (Å²) in [4.78, 5) is 0. The van der Waals surface area contributed by atoms with Gasteiger partial charge in [0.25, 0.3) is 0 Å². The summed E-state index contributed by atoms with van der Waals surface area (Å²) < 4.78 is 0. The van der Waals surface area contributed by atoms with Gasteiger partial charge in [-0.05, 0) is 37.5 Å². The highest BCUT2D eigenvalue weighted by Crippen LogP contribution is 2.13. The fourth-order valence-corrected chi connectivity index (χ4v) is 1.46. The Labute approximate surface area is 81.2 Å². The minimum absolute atomic E-state index is 0.613. The summed E-state index contributed by atoms with van der Waals surface area (Å²) in [6.07, 6.45) is 2.37. The third-order valence-corrected chi connectivity index (χ3v) is 2.37. The largest absolute Gasteiger partial charge is 0.382 e. The third-order valence-electron chi connectivity index (χ3n) is 2.37. The van der Waals surface area contributed by atoms with E-state index in [1.54, 1.807) is 0 Å². The van der Waals surface area contributed by atoms with Crippen molar-refractivity contribution in [2.45, 2.75) is 39.7 Å². The quantitative estimate of drug-likeness (QED) is 0.741. The Morgan fingerprint density at radius 1 is 1.23 bits per heavy atom. The van der Waals surface area contributed by atoms with Gasteiger partial charge in [-0.15, -0.1) is 0 Å². The van der Waals surface area contributed by atoms with Gasteiger partial charge in [0.05, 0.1) is 0 Å². The van der Waals surface area contributed by atoms with Crippen LogP contribution in [0.2, 0.25) is 0 Å². The van der Waals surface area contributed by atoms with Gasteiger partial charge < -0.3 is 5.32 Å². The second-order valence-electron chi connectivity index (χ2n) is 3.53. The van der Waals surface area contributed by atoms with Gasteiger partial charge >= 0.3 is 0 Å². The topological polar surface area (TPSA) is 12.0 Å². The lowest BCUT2D eigenvalue weighted by molar-refractivity contribution is 0.672. The van der Waals surface area contributed by atoms with Crippen molar-refractivity contribution in [3.63, 3.8) is 0 Å². The first kappa shape index (κ1) is 10.1. The Balaban J connectivity index is 2.62. The maximum Gasteiger partial charge on any atom is 0.0344 e. The summed E-state index contributed by atoms with van der Waals surface area (Å²) in [5, 5.41) is 3.52. The van der Waals surface area contributed by atoms with Gasteiger partial charge in [0, 0.05) is 11.7 Å². The smallest absolute Gasteiger partial charge is 0.0344 e. The van der Waals surface area contributed by atoms with E-state index >= 15 is 0 Å². The summed E-state index contributed by atoms with van der Waals surface area (Å²) in [7, 11) is 0. The molecule has 0 bridgehead atoms. The van der Waals surface area contributed by atoms with E-state index in [4.69, 9.17) is 0 Å². The molecule has 0 unspecified atom stereocenters. The van der Waals surface area contributed by atoms with Crippen LogP contribution in [0.5, 0.6) is 0 Å². The van der Waals surface area contributed by atoms with Crippen molar-refractivity contribution < 1.29 is 0 Å². The van der Waals surface area contributed by atoms with E-state index in [2.05, 4.69) is 50.4 Å². The van der Waals surface area contributed by atoms with Gasteiger partial charge in [0.2, 0.25) is 0 Å². The number of hydrogen-bond acceptors (Lipinski definition) is 1. The van der Waals surface area contributed by atoms with Crippen LogP contribution in [0.25, 0.3) is 0 Å². The molecule has 0 heterocycles. The molecule has 1 nitrogen and oxygen atoms in total. The highest BCUT2D eigenvalue weighted by molar-refractivity contribution is 5.46. The lowest BCUT2D eigenvalue weighted by Crippen LogP contribution is -2.16. The fourth-order valence-electron chi connectivity index (χ4n) is 1.46. The summed E-state index contributed by atoms with van der Waals surface area (Å²) in [5.74, 6) is 0. The van der Waals surface area contributed by atoms with Crippen LogP contribution in [0.1, 0.15) is 32.3 Å². The van der Waals surface area contributed by atoms with Crippen molar-refractivity contribution >= 4 is 5.69 Å². The molecule has 0 saturated heterocycles. The van der Waals surface area contributed by atoms with Crippen LogP contribution in [-0.4, -0.2) is 6.04 Å². The normalized spacial score (nSPS) is 10.5. The van der Waals surface area contributed by atoms with Gasteiger partial charge in [-0.2, -0.15) is 0 Å². The average molecular weight is 177 g/mol. The van der Waals surface area contributed by atoms with E-state index in [1.807, 2.05) is 0 Å². The molecule has 0 aliphatic heterocycles. The highest BCUT2D eigenvalue weighted by Gasteiger charge is 2.01. The molecule has 0 saturated carbocycles. The van der Waals surface area contributed by atoms with E-state index < -0.39 is 0 Å². The summed E-state index contributed by atoms with van der Waals surface area (Å²) >= 11 is 0. The average Bonchev–Trinajstić information content (AvgIpc) is 2.14. The number of hydrogen-bond donors (Lipinski definition) is 1. The zero-order chi connectivity index (χ0) is 9.68. The van der Waals surface area contributed by atoms with E-state index in [9.17, 15) is 0 Å². The Morgan fingerprint density at radius 3 is 2.46 bits per heavy atom. The highest BCUT2D eigenvalue weighted by atomic mass is 14.9. The molecule has 1 rings (SSSR count). The Kier molecular flexibility index (Phi) is 3.81. The van der Waals surface area contributed by atoms with Gasteiger partial charge in [0.1, 0.15) is 0 Å². The van der Waals surface area contributed by atoms with E-state index in [0.717, 1.165) is 0 Å². The Morgan fingerprint density at radius 2 is 1.92 bits per heavy atom. The first-order valence-corrected chi connectivity index (χ1v) is 5.09. The molecule has 1 heteroatoms. The van der Waals surface area contributed by atoms with Crippen LogP contribution in [0.15, 0.2) is 24.3 Å². The van der Waals surface area contributed by atoms with Crippen LogP contribution >= 0.6 is 0 Å². The molecule has 0 aliphatic carbocycles. The van der Waals surface area contributed by atoms with Crippen LogP contribution in [-0.2, 0) is 0 Å². The monoisotopic (exact) mass is 177 g/mol. The summed E-state index contributed by atoms with van der Waals surface area (Å²) in [6, 6.07) is 9.16. The molecule has 13 heavy (non-hydrogen) atoms. The van der Waals surface area contributed by atoms with Gasteiger partial charge in [-0.3, -0.25) is 0 Å². The van der Waals surface area contributed by atoms with E-state index in [0.29, 0.717) is 6.04 Å². The van der Waals surface area contributed by atoms with Crippen LogP contribution < -0.4 is 5.32 Å². The maximum absolute atomic E-state index is 3.52. The molecule has 1 aromatic rings. The Bertz CT molecular complexity index is 251. The molecular weight excluding hydrogens is 158 g/mol. The lowest BCUT2D eigenvalue weighted by atomic mass is 10.1. The molecule has 1 N–H and O–H groups in total. The lowest BCUT2D eigenvalue weighted by Gasteiger charge is -2.16. The predicted molar refractivity (Wildman–Crippen MR) is 59.2 cm³/mol. The van der Waals surface area contributed by atoms with E-state index in [-0.39, 0.29) is 0 Å². The Hall–Kier alpha value is -0.980.